The second kappa shape index (κ2) is 5.36. The van der Waals surface area contributed by atoms with Crippen LogP contribution < -0.4 is 0 Å². The number of hydrogen-bond acceptors (Lipinski definition) is 2. The van der Waals surface area contributed by atoms with Crippen molar-refractivity contribution in [3.8, 4) is 0 Å². The molecule has 0 spiro atoms. The molecule has 0 N–H and O–H groups in total. The van der Waals surface area contributed by atoms with Crippen molar-refractivity contribution in [2.45, 2.75) is 0 Å². The van der Waals surface area contributed by atoms with Crippen LogP contribution in [0, 0.1) is 0 Å². The summed E-state index contributed by atoms with van der Waals surface area (Å²) in [4.78, 5) is 6.40. The van der Waals surface area contributed by atoms with Gasteiger partial charge < -0.3 is 9.38 Å². The number of rotatable bonds is 4. The average molecular weight is 244 g/mol. The molecule has 18 heavy (non-hydrogen) atoms. The summed E-state index contributed by atoms with van der Waals surface area (Å²) in [7, 11) is 6.68. The van der Waals surface area contributed by atoms with E-state index in [9.17, 15) is 0 Å². The van der Waals surface area contributed by atoms with Gasteiger partial charge in [-0.1, -0.05) is 6.08 Å². The zero-order valence-corrected chi connectivity index (χ0v) is 11.5. The Morgan fingerprint density at radius 2 is 1.94 bits per heavy atom. The molecule has 3 nitrogen and oxygen atoms in total. The Bertz CT molecular complexity index is 441. The fourth-order valence-electron chi connectivity index (χ4n) is 1.88. The Kier molecular flexibility index (Phi) is 3.82. The van der Waals surface area contributed by atoms with E-state index in [-0.39, 0.29) is 0 Å². The first-order valence-electron chi connectivity index (χ1n) is 6.38. The molecule has 3 heteroatoms. The molecule has 2 heterocycles. The molecule has 1 aromatic rings. The fourth-order valence-corrected chi connectivity index (χ4v) is 1.88. The third-order valence-electron chi connectivity index (χ3n) is 3.08. The average Bonchev–Trinajstić information content (AvgIpc) is 2.37. The van der Waals surface area contributed by atoms with E-state index in [4.69, 9.17) is 0 Å². The molecule has 0 bridgehead atoms. The summed E-state index contributed by atoms with van der Waals surface area (Å²) in [6.07, 6.45) is 10.4. The van der Waals surface area contributed by atoms with E-state index in [2.05, 4.69) is 61.5 Å². The van der Waals surface area contributed by atoms with Crippen LogP contribution in [0.2, 0.25) is 0 Å². The van der Waals surface area contributed by atoms with Gasteiger partial charge in [0.1, 0.15) is 0 Å². The van der Waals surface area contributed by atoms with Crippen LogP contribution in [0.15, 0.2) is 42.9 Å². The molecule has 0 amide bonds. The van der Waals surface area contributed by atoms with Crippen LogP contribution in [0.5, 0.6) is 0 Å². The summed E-state index contributed by atoms with van der Waals surface area (Å²) in [5.41, 5.74) is 2.53. The maximum atomic E-state index is 4.05. The third-order valence-corrected chi connectivity index (χ3v) is 3.08. The number of allylic oxidation sites excluding steroid dienone is 2. The highest BCUT2D eigenvalue weighted by molar-refractivity contribution is 5.74. The standard InChI is InChI=1S/C15H22N3/c1-18(2,3)13-12-17-10-6-15(7-11-17)14-4-8-16-9-5-14/h4-10H,11-13H2,1-3H3/q+1. The minimum Gasteiger partial charge on any atom is -0.368 e. The summed E-state index contributed by atoms with van der Waals surface area (Å²) < 4.78 is 1.01. The molecule has 96 valence electrons. The van der Waals surface area contributed by atoms with Gasteiger partial charge in [-0.05, 0) is 29.3 Å². The van der Waals surface area contributed by atoms with Gasteiger partial charge in [-0.25, -0.2) is 0 Å². The topological polar surface area (TPSA) is 16.1 Å². The number of aromatic nitrogens is 1. The zero-order chi connectivity index (χ0) is 13.0. The Hall–Kier alpha value is -1.61. The predicted octanol–water partition coefficient (Wildman–Crippen LogP) is 2.00. The van der Waals surface area contributed by atoms with Crippen molar-refractivity contribution in [3.63, 3.8) is 0 Å². The molecule has 0 aliphatic carbocycles. The Morgan fingerprint density at radius 1 is 1.22 bits per heavy atom. The highest BCUT2D eigenvalue weighted by atomic mass is 15.3. The van der Waals surface area contributed by atoms with Crippen LogP contribution in [-0.4, -0.2) is 55.1 Å². The van der Waals surface area contributed by atoms with Crippen molar-refractivity contribution in [1.29, 1.82) is 0 Å². The maximum absolute atomic E-state index is 4.05. The van der Waals surface area contributed by atoms with Crippen molar-refractivity contribution in [1.82, 2.24) is 9.88 Å². The summed E-state index contributed by atoms with van der Waals surface area (Å²) in [5, 5.41) is 0. The smallest absolute Gasteiger partial charge is 0.0958 e. The fraction of sp³-hybridized carbons (Fsp3) is 0.400. The van der Waals surface area contributed by atoms with E-state index in [1.807, 2.05) is 12.4 Å². The van der Waals surface area contributed by atoms with Crippen molar-refractivity contribution >= 4 is 5.57 Å². The molecule has 1 aliphatic rings. The molecular weight excluding hydrogens is 222 g/mol. The molecule has 0 saturated carbocycles. The molecular formula is C15H22N3+. The second-order valence-corrected chi connectivity index (χ2v) is 5.72. The zero-order valence-electron chi connectivity index (χ0n) is 11.5. The van der Waals surface area contributed by atoms with E-state index < -0.39 is 0 Å². The molecule has 1 aliphatic heterocycles. The molecule has 0 saturated heterocycles. The van der Waals surface area contributed by atoms with Gasteiger partial charge in [0, 0.05) is 25.1 Å². The quantitative estimate of drug-likeness (QED) is 0.753. The van der Waals surface area contributed by atoms with Gasteiger partial charge in [0.05, 0.1) is 34.2 Å². The van der Waals surface area contributed by atoms with Crippen molar-refractivity contribution < 1.29 is 4.48 Å². The number of hydrogen-bond donors (Lipinski definition) is 0. The second-order valence-electron chi connectivity index (χ2n) is 5.72. The summed E-state index contributed by atoms with van der Waals surface area (Å²) in [5.74, 6) is 0. The van der Waals surface area contributed by atoms with E-state index >= 15 is 0 Å². The summed E-state index contributed by atoms with van der Waals surface area (Å²) in [6.45, 7) is 3.25. The molecule has 1 aromatic heterocycles. The minimum absolute atomic E-state index is 0.994. The number of likely N-dealkylation sites (N-methyl/N-ethyl adjacent to an activating group) is 1. The third kappa shape index (κ3) is 3.70. The lowest BCUT2D eigenvalue weighted by molar-refractivity contribution is -0.869. The maximum Gasteiger partial charge on any atom is 0.0958 e. The number of nitrogens with zero attached hydrogens (tertiary/aromatic N) is 3. The van der Waals surface area contributed by atoms with Crippen molar-refractivity contribution in [3.05, 3.63) is 48.4 Å². The Morgan fingerprint density at radius 3 is 2.50 bits per heavy atom. The van der Waals surface area contributed by atoms with E-state index in [0.29, 0.717) is 0 Å². The van der Waals surface area contributed by atoms with Crippen molar-refractivity contribution in [2.24, 2.45) is 0 Å². The Labute approximate surface area is 110 Å². The van der Waals surface area contributed by atoms with Crippen LogP contribution in [0.1, 0.15) is 5.56 Å². The van der Waals surface area contributed by atoms with E-state index in [1.54, 1.807) is 0 Å². The van der Waals surface area contributed by atoms with E-state index in [1.165, 1.54) is 11.1 Å². The predicted molar refractivity (Wildman–Crippen MR) is 75.8 cm³/mol. The largest absolute Gasteiger partial charge is 0.368 e. The van der Waals surface area contributed by atoms with Gasteiger partial charge in [0.2, 0.25) is 0 Å². The molecule has 0 fully saturated rings. The van der Waals surface area contributed by atoms with Crippen LogP contribution in [0.4, 0.5) is 0 Å². The van der Waals surface area contributed by atoms with Gasteiger partial charge in [-0.15, -0.1) is 0 Å². The monoisotopic (exact) mass is 244 g/mol. The lowest BCUT2D eigenvalue weighted by atomic mass is 10.1. The van der Waals surface area contributed by atoms with Crippen LogP contribution in [0.3, 0.4) is 0 Å². The van der Waals surface area contributed by atoms with Gasteiger partial charge in [0.25, 0.3) is 0 Å². The lowest BCUT2D eigenvalue weighted by Crippen LogP contribution is -2.41. The number of pyridine rings is 1. The molecule has 2 rings (SSSR count). The first-order valence-corrected chi connectivity index (χ1v) is 6.38. The molecule has 0 atom stereocenters. The van der Waals surface area contributed by atoms with Crippen molar-refractivity contribution in [2.75, 3.05) is 40.8 Å². The highest BCUT2D eigenvalue weighted by Crippen LogP contribution is 2.18. The molecule has 0 unspecified atom stereocenters. The molecule has 0 aromatic carbocycles. The summed E-state index contributed by atoms with van der Waals surface area (Å²) in [6, 6.07) is 4.11. The highest BCUT2D eigenvalue weighted by Gasteiger charge is 2.11. The number of quaternary nitrogens is 1. The first-order chi connectivity index (χ1) is 8.54. The first kappa shape index (κ1) is 12.8. The molecule has 0 radical (unpaired) electrons. The lowest BCUT2D eigenvalue weighted by Gasteiger charge is -2.29. The SMILES string of the molecule is C[N+](C)(C)CCN1C=CC(c2ccncc2)=CC1. The van der Waals surface area contributed by atoms with Gasteiger partial charge in [-0.3, -0.25) is 4.98 Å². The van der Waals surface area contributed by atoms with Crippen LogP contribution >= 0.6 is 0 Å². The van der Waals surface area contributed by atoms with Gasteiger partial charge in [-0.2, -0.15) is 0 Å². The van der Waals surface area contributed by atoms with Gasteiger partial charge >= 0.3 is 0 Å². The summed E-state index contributed by atoms with van der Waals surface area (Å²) >= 11 is 0. The normalized spacial score (nSPS) is 15.7. The van der Waals surface area contributed by atoms with Crippen LogP contribution in [0.25, 0.3) is 5.57 Å². The van der Waals surface area contributed by atoms with Gasteiger partial charge in [0.15, 0.2) is 0 Å². The van der Waals surface area contributed by atoms with Crippen LogP contribution in [-0.2, 0) is 0 Å². The Balaban J connectivity index is 1.92. The van der Waals surface area contributed by atoms with E-state index in [0.717, 1.165) is 24.1 Å². The minimum atomic E-state index is 0.994.